The van der Waals surface area contributed by atoms with Gasteiger partial charge in [-0.3, -0.25) is 4.21 Å². The maximum absolute atomic E-state index is 12.2. The van der Waals surface area contributed by atoms with E-state index in [1.54, 1.807) is 18.2 Å². The highest BCUT2D eigenvalue weighted by Gasteiger charge is 2.22. The zero-order chi connectivity index (χ0) is 49.5. The fraction of sp³-hybridized carbons (Fsp3) is 0.642. The minimum Gasteiger partial charge on any atom is -0.504 e. The summed E-state index contributed by atoms with van der Waals surface area (Å²) < 4.78 is 49.5. The van der Waals surface area contributed by atoms with Crippen molar-refractivity contribution in [3.63, 3.8) is 0 Å². The molecule has 378 valence electrons. The Balaban J connectivity index is 0.000000911. The molecule has 0 spiro atoms. The normalized spacial score (nSPS) is 14.6. The smallest absolute Gasteiger partial charge is 0.161 e. The highest BCUT2D eigenvalue weighted by atomic mass is 32.2. The Labute approximate surface area is 405 Å². The van der Waals surface area contributed by atoms with E-state index >= 15 is 0 Å². The fourth-order valence-corrected chi connectivity index (χ4v) is 7.58. The van der Waals surface area contributed by atoms with Gasteiger partial charge in [0.2, 0.25) is 0 Å². The third-order valence-electron chi connectivity index (χ3n) is 9.46. The quantitative estimate of drug-likeness (QED) is 0.0900. The number of ether oxygens (including phenoxy) is 4. The Bertz CT molecular complexity index is 1890. The zero-order valence-corrected chi connectivity index (χ0v) is 44.1. The van der Waals surface area contributed by atoms with E-state index in [0.717, 1.165) is 79.9 Å². The molecule has 1 aliphatic heterocycles. The van der Waals surface area contributed by atoms with Crippen LogP contribution in [0, 0.1) is 5.92 Å². The summed E-state index contributed by atoms with van der Waals surface area (Å²) in [5.41, 5.74) is 9.92. The summed E-state index contributed by atoms with van der Waals surface area (Å²) >= 11 is 0. The van der Waals surface area contributed by atoms with Crippen molar-refractivity contribution in [1.29, 1.82) is 0 Å². The van der Waals surface area contributed by atoms with Gasteiger partial charge in [-0.15, -0.1) is 0 Å². The average Bonchev–Trinajstić information content (AvgIpc) is 3.79. The molecule has 0 radical (unpaired) electrons. The molecule has 1 fully saturated rings. The number of aromatic hydroxyl groups is 3. The first-order valence-corrected chi connectivity index (χ1v) is 25.7. The topological polar surface area (TPSA) is 170 Å². The summed E-state index contributed by atoms with van der Waals surface area (Å²) in [5.74, 6) is 3.25. The van der Waals surface area contributed by atoms with Crippen molar-refractivity contribution >= 4 is 27.5 Å². The SMILES string of the molecule is C.C1CCOC1.CC(C)Oc1cc(CC[C@@H](C)C[S@](=O)C(C)(C)C)ccc1O.CC(C)Oc1cc(CC[C@@H](C)N)ccc1O.CC(CCc1ccc(O)c(OC(C)C)c1)=N[S@](=O)C(C)(C)C. The lowest BCUT2D eigenvalue weighted by Gasteiger charge is -2.21. The zero-order valence-electron chi connectivity index (χ0n) is 42.5. The van der Waals surface area contributed by atoms with E-state index in [1.807, 2.05) is 133 Å². The molecule has 5 N–H and O–H groups in total. The van der Waals surface area contributed by atoms with Gasteiger partial charge >= 0.3 is 0 Å². The second kappa shape index (κ2) is 31.4. The number of hydrogen-bond acceptors (Lipinski definition) is 10. The lowest BCUT2D eigenvalue weighted by molar-refractivity contribution is 0.198. The Hall–Kier alpha value is -3.65. The number of aryl methyl sites for hydroxylation is 3. The van der Waals surface area contributed by atoms with Crippen molar-refractivity contribution in [2.75, 3.05) is 19.0 Å². The Kier molecular flexibility index (Phi) is 29.7. The van der Waals surface area contributed by atoms with Gasteiger partial charge in [0.15, 0.2) is 34.5 Å². The van der Waals surface area contributed by atoms with Crippen molar-refractivity contribution in [3.8, 4) is 34.5 Å². The van der Waals surface area contributed by atoms with Gasteiger partial charge < -0.3 is 40.0 Å². The van der Waals surface area contributed by atoms with Crippen LogP contribution in [-0.2, 0) is 45.8 Å². The van der Waals surface area contributed by atoms with Crippen LogP contribution in [0.5, 0.6) is 34.5 Å². The van der Waals surface area contributed by atoms with Crippen LogP contribution < -0.4 is 19.9 Å². The predicted octanol–water partition coefficient (Wildman–Crippen LogP) is 12.2. The molecule has 0 saturated carbocycles. The largest absolute Gasteiger partial charge is 0.504 e. The van der Waals surface area contributed by atoms with Gasteiger partial charge in [0.25, 0.3) is 0 Å². The van der Waals surface area contributed by atoms with Gasteiger partial charge in [0, 0.05) is 46.3 Å². The number of rotatable bonds is 18. The number of benzene rings is 3. The van der Waals surface area contributed by atoms with E-state index < -0.39 is 21.8 Å². The molecule has 13 heteroatoms. The molecule has 3 aromatic rings. The number of hydrogen-bond donors (Lipinski definition) is 4. The number of nitrogens with zero attached hydrogens (tertiary/aromatic N) is 1. The highest BCUT2D eigenvalue weighted by molar-refractivity contribution is 7.86. The van der Waals surface area contributed by atoms with Crippen molar-refractivity contribution < 1.29 is 42.7 Å². The predicted molar refractivity (Wildman–Crippen MR) is 280 cm³/mol. The van der Waals surface area contributed by atoms with Gasteiger partial charge in [0.1, 0.15) is 11.0 Å². The van der Waals surface area contributed by atoms with Crippen LogP contribution in [0.4, 0.5) is 0 Å². The van der Waals surface area contributed by atoms with Gasteiger partial charge in [-0.2, -0.15) is 4.40 Å². The Morgan fingerprint density at radius 3 is 1.35 bits per heavy atom. The number of phenolic OH excluding ortho intramolecular Hbond substituents is 3. The monoisotopic (exact) mass is 963 g/mol. The molecule has 0 bridgehead atoms. The number of nitrogens with two attached hydrogens (primary N) is 1. The second-order valence-electron chi connectivity index (χ2n) is 19.7. The van der Waals surface area contributed by atoms with Crippen LogP contribution in [0.3, 0.4) is 0 Å². The molecule has 4 rings (SSSR count). The molecule has 11 nitrogen and oxygen atoms in total. The van der Waals surface area contributed by atoms with Crippen molar-refractivity contribution in [1.82, 2.24) is 0 Å². The molecule has 0 amide bonds. The summed E-state index contributed by atoms with van der Waals surface area (Å²) in [5, 5.41) is 29.2. The maximum Gasteiger partial charge on any atom is 0.161 e. The van der Waals surface area contributed by atoms with Crippen molar-refractivity contribution in [2.45, 2.75) is 196 Å². The van der Waals surface area contributed by atoms with E-state index in [0.29, 0.717) is 23.2 Å². The van der Waals surface area contributed by atoms with Crippen LogP contribution >= 0.6 is 0 Å². The second-order valence-corrected chi connectivity index (χ2v) is 23.9. The molecule has 4 atom stereocenters. The molecule has 1 heterocycles. The summed E-state index contributed by atoms with van der Waals surface area (Å²) in [7, 11) is -2.02. The fourth-order valence-electron chi connectivity index (χ4n) is 5.75. The van der Waals surface area contributed by atoms with Crippen LogP contribution in [0.25, 0.3) is 0 Å². The molecular weight excluding hydrogens is 873 g/mol. The lowest BCUT2D eigenvalue weighted by atomic mass is 10.0. The third kappa shape index (κ3) is 27.9. The van der Waals surface area contributed by atoms with Crippen molar-refractivity contribution in [2.24, 2.45) is 16.0 Å². The average molecular weight is 963 g/mol. The van der Waals surface area contributed by atoms with Gasteiger partial charge in [-0.25, -0.2) is 4.21 Å². The summed E-state index contributed by atoms with van der Waals surface area (Å²) in [6.45, 7) is 31.4. The molecule has 66 heavy (non-hydrogen) atoms. The standard InChI is InChI=1S/C18H30O3S.C17H27NO3S.C13H21NO2.C4H8O.CH4/c1-13(2)21-17-11-15(9-10-16(17)19)8-7-14(3)12-22(20)18(4,5)6;1-12(2)21-16-11-14(9-10-15(16)19)8-7-13(3)18-22(20)17(4,5)6;1-9(2)16-13-8-11(5-4-10(3)14)6-7-12(13)15;1-2-4-5-3-1;/h9-11,13-14,19H,7-8,12H2,1-6H3;9-12,19H,7-8H2,1-6H3;6-10,15H,4-5,14H2,1-3H3;1-4H2;1H4/t14-,22+;22-;10-;;/m111../s1. The molecular formula is C53H90N2O9S2. The van der Waals surface area contributed by atoms with Gasteiger partial charge in [0.05, 0.1) is 23.1 Å². The van der Waals surface area contributed by atoms with Gasteiger partial charge in [-0.1, -0.05) is 32.5 Å². The molecule has 0 unspecified atom stereocenters. The molecule has 0 aromatic heterocycles. The maximum atomic E-state index is 12.2. The summed E-state index contributed by atoms with van der Waals surface area (Å²) in [4.78, 5) is 0. The Morgan fingerprint density at radius 2 is 1.03 bits per heavy atom. The van der Waals surface area contributed by atoms with Crippen LogP contribution in [0.1, 0.15) is 160 Å². The molecule has 1 saturated heterocycles. The van der Waals surface area contributed by atoms with Crippen LogP contribution in [0.15, 0.2) is 59.0 Å². The summed E-state index contributed by atoms with van der Waals surface area (Å²) in [6.07, 6.45) is 7.89. The van der Waals surface area contributed by atoms with E-state index in [-0.39, 0.29) is 58.5 Å². The Morgan fingerprint density at radius 1 is 0.652 bits per heavy atom. The van der Waals surface area contributed by atoms with E-state index in [9.17, 15) is 23.7 Å². The molecule has 0 aliphatic carbocycles. The summed E-state index contributed by atoms with van der Waals surface area (Å²) in [6, 6.07) is 16.6. The van der Waals surface area contributed by atoms with Crippen LogP contribution in [-0.4, -0.2) is 82.3 Å². The first kappa shape index (κ1) is 62.4. The van der Waals surface area contributed by atoms with Crippen molar-refractivity contribution in [3.05, 3.63) is 71.3 Å². The van der Waals surface area contributed by atoms with E-state index in [4.69, 9.17) is 24.7 Å². The first-order valence-electron chi connectivity index (χ1n) is 23.3. The molecule has 1 aliphatic rings. The number of phenols is 3. The van der Waals surface area contributed by atoms with E-state index in [1.165, 1.54) is 12.8 Å². The van der Waals surface area contributed by atoms with Gasteiger partial charge in [-0.05, 0) is 207 Å². The van der Waals surface area contributed by atoms with Crippen LogP contribution in [0.2, 0.25) is 0 Å². The third-order valence-corrected chi connectivity index (χ3v) is 13.2. The highest BCUT2D eigenvalue weighted by Crippen LogP contribution is 2.31. The minimum absolute atomic E-state index is 0. The minimum atomic E-state index is -1.22. The van der Waals surface area contributed by atoms with E-state index in [2.05, 4.69) is 11.3 Å². The lowest BCUT2D eigenvalue weighted by Crippen LogP contribution is -2.26. The first-order chi connectivity index (χ1) is 30.2. The molecule has 3 aromatic carbocycles.